The Bertz CT molecular complexity index is 569. The van der Waals surface area contributed by atoms with Crippen LogP contribution in [-0.2, 0) is 9.84 Å². The van der Waals surface area contributed by atoms with Crippen LogP contribution in [0.5, 0.6) is 0 Å². The van der Waals surface area contributed by atoms with Crippen molar-refractivity contribution in [2.24, 2.45) is 11.7 Å². The van der Waals surface area contributed by atoms with E-state index < -0.39 is 9.84 Å². The maximum Gasteiger partial charge on any atom is 0.150 e. The zero-order valence-electron chi connectivity index (χ0n) is 10.6. The second kappa shape index (κ2) is 4.83. The third-order valence-electron chi connectivity index (χ3n) is 3.68. The van der Waals surface area contributed by atoms with E-state index in [0.717, 1.165) is 21.7 Å². The summed E-state index contributed by atoms with van der Waals surface area (Å²) in [5.74, 6) is 0.487. The van der Waals surface area contributed by atoms with Crippen LogP contribution < -0.4 is 5.73 Å². The number of rotatable bonds is 2. The zero-order valence-corrected chi connectivity index (χ0v) is 12.2. The van der Waals surface area contributed by atoms with Crippen LogP contribution in [-0.4, -0.2) is 19.9 Å². The Labute approximate surface area is 113 Å². The molecule has 1 saturated heterocycles. The molecule has 0 aromatic heterocycles. The number of halogens is 1. The third kappa shape index (κ3) is 2.71. The first-order chi connectivity index (χ1) is 8.30. The molecule has 1 heterocycles. The minimum Gasteiger partial charge on any atom is -0.324 e. The smallest absolute Gasteiger partial charge is 0.150 e. The highest BCUT2D eigenvalue weighted by Gasteiger charge is 2.33. The largest absolute Gasteiger partial charge is 0.324 e. The molecule has 1 aromatic carbocycles. The number of nitrogens with two attached hydrogens (primary N) is 1. The van der Waals surface area contributed by atoms with E-state index in [1.54, 1.807) is 0 Å². The van der Waals surface area contributed by atoms with Crippen LogP contribution in [0.2, 0.25) is 5.02 Å². The monoisotopic (exact) mass is 287 g/mol. The summed E-state index contributed by atoms with van der Waals surface area (Å²) in [6.45, 7) is 3.90. The van der Waals surface area contributed by atoms with Crippen molar-refractivity contribution >= 4 is 21.4 Å². The zero-order chi connectivity index (χ0) is 13.5. The minimum absolute atomic E-state index is 0.0225. The maximum atomic E-state index is 11.5. The molecule has 1 aromatic rings. The van der Waals surface area contributed by atoms with Gasteiger partial charge in [-0.2, -0.15) is 0 Å². The number of hydrogen-bond acceptors (Lipinski definition) is 3. The van der Waals surface area contributed by atoms with Gasteiger partial charge in [0.05, 0.1) is 11.5 Å². The van der Waals surface area contributed by atoms with E-state index in [0.29, 0.717) is 6.42 Å². The normalized spacial score (nSPS) is 24.1. The molecule has 1 aliphatic rings. The predicted octanol–water partition coefficient (Wildman–Crippen LogP) is 2.39. The molecular formula is C13H18ClNO2S. The molecule has 0 bridgehead atoms. The lowest BCUT2D eigenvalue weighted by Gasteiger charge is -2.21. The second-order valence-electron chi connectivity index (χ2n) is 5.15. The van der Waals surface area contributed by atoms with E-state index >= 15 is 0 Å². The molecule has 5 heteroatoms. The van der Waals surface area contributed by atoms with Crippen molar-refractivity contribution < 1.29 is 8.42 Å². The summed E-state index contributed by atoms with van der Waals surface area (Å²) in [7, 11) is -2.89. The summed E-state index contributed by atoms with van der Waals surface area (Å²) < 4.78 is 23.0. The summed E-state index contributed by atoms with van der Waals surface area (Å²) in [5, 5.41) is 0.725. The fourth-order valence-electron chi connectivity index (χ4n) is 2.52. The van der Waals surface area contributed by atoms with Gasteiger partial charge in [-0.15, -0.1) is 0 Å². The molecule has 1 aliphatic heterocycles. The van der Waals surface area contributed by atoms with Crippen LogP contribution in [0.25, 0.3) is 0 Å². The van der Waals surface area contributed by atoms with Crippen molar-refractivity contribution in [1.29, 1.82) is 0 Å². The van der Waals surface area contributed by atoms with Gasteiger partial charge in [-0.1, -0.05) is 17.7 Å². The lowest BCUT2D eigenvalue weighted by atomic mass is 9.89. The number of hydrogen-bond donors (Lipinski definition) is 1. The van der Waals surface area contributed by atoms with Crippen LogP contribution >= 0.6 is 11.6 Å². The van der Waals surface area contributed by atoms with Gasteiger partial charge in [0.1, 0.15) is 0 Å². The molecule has 2 atom stereocenters. The molecule has 18 heavy (non-hydrogen) atoms. The van der Waals surface area contributed by atoms with Gasteiger partial charge in [-0.05, 0) is 48.9 Å². The van der Waals surface area contributed by atoms with Crippen molar-refractivity contribution in [2.45, 2.75) is 26.3 Å². The Hall–Kier alpha value is -0.580. The Morgan fingerprint density at radius 2 is 2.00 bits per heavy atom. The highest BCUT2D eigenvalue weighted by molar-refractivity contribution is 7.91. The first kappa shape index (κ1) is 13.8. The molecule has 2 unspecified atom stereocenters. The van der Waals surface area contributed by atoms with Crippen molar-refractivity contribution in [3.63, 3.8) is 0 Å². The highest BCUT2D eigenvalue weighted by atomic mass is 35.5. The van der Waals surface area contributed by atoms with Crippen LogP contribution in [0.3, 0.4) is 0 Å². The molecule has 2 rings (SSSR count). The van der Waals surface area contributed by atoms with E-state index in [2.05, 4.69) is 0 Å². The van der Waals surface area contributed by atoms with Gasteiger partial charge in [0.15, 0.2) is 9.84 Å². The topological polar surface area (TPSA) is 60.2 Å². The molecule has 0 radical (unpaired) electrons. The lowest BCUT2D eigenvalue weighted by Crippen LogP contribution is -2.23. The number of benzene rings is 1. The van der Waals surface area contributed by atoms with Gasteiger partial charge in [-0.25, -0.2) is 8.42 Å². The molecule has 3 nitrogen and oxygen atoms in total. The van der Waals surface area contributed by atoms with Gasteiger partial charge in [0.25, 0.3) is 0 Å². The van der Waals surface area contributed by atoms with E-state index in [4.69, 9.17) is 17.3 Å². The quantitative estimate of drug-likeness (QED) is 0.908. The standard InChI is InChI=1S/C13H18ClNO2S/c1-8-6-12(14)9(2)5-11(8)13(15)10-3-4-18(16,17)7-10/h5-6,10,13H,3-4,7,15H2,1-2H3. The van der Waals surface area contributed by atoms with Gasteiger partial charge in [0, 0.05) is 11.1 Å². The molecular weight excluding hydrogens is 270 g/mol. The minimum atomic E-state index is -2.89. The van der Waals surface area contributed by atoms with Crippen LogP contribution in [0.15, 0.2) is 12.1 Å². The maximum absolute atomic E-state index is 11.5. The first-order valence-electron chi connectivity index (χ1n) is 6.03. The third-order valence-corrected chi connectivity index (χ3v) is 5.88. The summed E-state index contributed by atoms with van der Waals surface area (Å²) in [4.78, 5) is 0. The average Bonchev–Trinajstić information content (AvgIpc) is 2.63. The van der Waals surface area contributed by atoms with Crippen LogP contribution in [0.1, 0.15) is 29.2 Å². The predicted molar refractivity (Wildman–Crippen MR) is 74.6 cm³/mol. The average molecular weight is 288 g/mol. The Morgan fingerprint density at radius 1 is 1.33 bits per heavy atom. The molecule has 0 aliphatic carbocycles. The molecule has 100 valence electrons. The van der Waals surface area contributed by atoms with Crippen molar-refractivity contribution in [2.75, 3.05) is 11.5 Å². The van der Waals surface area contributed by atoms with E-state index in [1.807, 2.05) is 26.0 Å². The summed E-state index contributed by atoms with van der Waals surface area (Å²) in [6.07, 6.45) is 0.657. The molecule has 0 saturated carbocycles. The van der Waals surface area contributed by atoms with Crippen LogP contribution in [0, 0.1) is 19.8 Å². The highest BCUT2D eigenvalue weighted by Crippen LogP contribution is 2.33. The Balaban J connectivity index is 2.30. The van der Waals surface area contributed by atoms with E-state index in [-0.39, 0.29) is 23.5 Å². The fraction of sp³-hybridized carbons (Fsp3) is 0.538. The SMILES string of the molecule is Cc1cc(C(N)C2CCS(=O)(=O)C2)c(C)cc1Cl. The van der Waals surface area contributed by atoms with Crippen molar-refractivity contribution in [3.8, 4) is 0 Å². The van der Waals surface area contributed by atoms with Gasteiger partial charge in [0.2, 0.25) is 0 Å². The van der Waals surface area contributed by atoms with Crippen LogP contribution in [0.4, 0.5) is 0 Å². The number of sulfone groups is 1. The fourth-order valence-corrected chi connectivity index (χ4v) is 4.60. The Morgan fingerprint density at radius 3 is 2.56 bits per heavy atom. The second-order valence-corrected chi connectivity index (χ2v) is 7.78. The molecule has 1 fully saturated rings. The van der Waals surface area contributed by atoms with Gasteiger partial charge in [-0.3, -0.25) is 0 Å². The number of aryl methyl sites for hydroxylation is 2. The summed E-state index contributed by atoms with van der Waals surface area (Å²) >= 11 is 6.06. The van der Waals surface area contributed by atoms with E-state index in [1.165, 1.54) is 0 Å². The molecule has 2 N–H and O–H groups in total. The van der Waals surface area contributed by atoms with Gasteiger partial charge >= 0.3 is 0 Å². The molecule has 0 amide bonds. The first-order valence-corrected chi connectivity index (χ1v) is 8.23. The summed E-state index contributed by atoms with van der Waals surface area (Å²) in [5.41, 5.74) is 9.26. The van der Waals surface area contributed by atoms with Crippen molar-refractivity contribution in [1.82, 2.24) is 0 Å². The van der Waals surface area contributed by atoms with Gasteiger partial charge < -0.3 is 5.73 Å². The Kier molecular flexibility index (Phi) is 3.72. The van der Waals surface area contributed by atoms with E-state index in [9.17, 15) is 8.42 Å². The summed E-state index contributed by atoms with van der Waals surface area (Å²) in [6, 6.07) is 3.65. The van der Waals surface area contributed by atoms with Crippen molar-refractivity contribution in [3.05, 3.63) is 33.8 Å². The lowest BCUT2D eigenvalue weighted by molar-refractivity contribution is 0.478. The molecule has 0 spiro atoms.